The van der Waals surface area contributed by atoms with Gasteiger partial charge >= 0.3 is 0 Å². The molecule has 1 aromatic heterocycles. The molecule has 1 saturated heterocycles. The smallest absolute Gasteiger partial charge is 0.0794 e. The normalized spacial score (nSPS) is 29.3. The van der Waals surface area contributed by atoms with Crippen LogP contribution in [0, 0.1) is 0 Å². The Labute approximate surface area is 89.1 Å². The van der Waals surface area contributed by atoms with Gasteiger partial charge in [0.2, 0.25) is 0 Å². The molecule has 1 aliphatic heterocycles. The first kappa shape index (κ1) is 10.1. The van der Waals surface area contributed by atoms with Gasteiger partial charge in [0, 0.05) is 42.8 Å². The largest absolute Gasteiger partial charge is 0.311 e. The predicted octanol–water partition coefficient (Wildman–Crippen LogP) is 1.33. The van der Waals surface area contributed by atoms with E-state index in [0.29, 0.717) is 12.1 Å². The minimum atomic E-state index is 0.610. The summed E-state index contributed by atoms with van der Waals surface area (Å²) in [6.45, 7) is 7.81. The summed E-state index contributed by atoms with van der Waals surface area (Å²) in [5.74, 6) is 0. The van der Waals surface area contributed by atoms with Crippen LogP contribution in [0.15, 0.2) is 11.7 Å². The molecule has 0 aromatic carbocycles. The summed E-state index contributed by atoms with van der Waals surface area (Å²) in [5.41, 5.74) is 1.91. The number of nitrogens with one attached hydrogen (secondary N) is 1. The minimum Gasteiger partial charge on any atom is -0.311 e. The zero-order valence-electron chi connectivity index (χ0n) is 8.73. The molecule has 0 aliphatic carbocycles. The number of rotatable bonds is 2. The summed E-state index contributed by atoms with van der Waals surface area (Å²) in [4.78, 5) is 8.00. The number of aromatic nitrogens is 1. The van der Waals surface area contributed by atoms with E-state index in [2.05, 4.69) is 29.0 Å². The maximum Gasteiger partial charge on any atom is 0.0794 e. The average molecular weight is 211 g/mol. The first-order chi connectivity index (χ1) is 6.75. The number of thiazole rings is 1. The quantitative estimate of drug-likeness (QED) is 0.800. The van der Waals surface area contributed by atoms with Gasteiger partial charge in [-0.2, -0.15) is 0 Å². The number of hydrogen-bond donors (Lipinski definition) is 1. The molecule has 0 amide bonds. The number of hydrogen-bond acceptors (Lipinski definition) is 4. The summed E-state index contributed by atoms with van der Waals surface area (Å²) < 4.78 is 0. The molecular weight excluding hydrogens is 194 g/mol. The second-order valence-electron chi connectivity index (χ2n) is 4.06. The zero-order valence-corrected chi connectivity index (χ0v) is 9.55. The van der Waals surface area contributed by atoms with E-state index in [1.54, 1.807) is 11.3 Å². The van der Waals surface area contributed by atoms with E-state index in [1.165, 1.54) is 4.88 Å². The highest BCUT2D eigenvalue weighted by molar-refractivity contribution is 7.09. The maximum atomic E-state index is 4.11. The summed E-state index contributed by atoms with van der Waals surface area (Å²) in [7, 11) is 0. The second-order valence-corrected chi connectivity index (χ2v) is 5.03. The van der Waals surface area contributed by atoms with Gasteiger partial charge < -0.3 is 5.32 Å². The van der Waals surface area contributed by atoms with Crippen LogP contribution in [0.4, 0.5) is 0 Å². The van der Waals surface area contributed by atoms with Crippen molar-refractivity contribution < 1.29 is 0 Å². The molecule has 2 atom stereocenters. The number of piperazine rings is 1. The minimum absolute atomic E-state index is 0.610. The Hall–Kier alpha value is -0.450. The highest BCUT2D eigenvalue weighted by atomic mass is 32.1. The molecule has 0 radical (unpaired) electrons. The van der Waals surface area contributed by atoms with E-state index in [0.717, 1.165) is 19.6 Å². The van der Waals surface area contributed by atoms with Crippen LogP contribution in [-0.2, 0) is 6.54 Å². The molecule has 2 rings (SSSR count). The summed E-state index contributed by atoms with van der Waals surface area (Å²) in [6, 6.07) is 1.24. The number of nitrogens with zero attached hydrogens (tertiary/aromatic N) is 2. The SMILES string of the molecule is CC1CN(Cc2cncs2)C(C)CN1. The molecule has 0 bridgehead atoms. The monoisotopic (exact) mass is 211 g/mol. The fraction of sp³-hybridized carbons (Fsp3) is 0.700. The van der Waals surface area contributed by atoms with Crippen molar-refractivity contribution in [1.29, 1.82) is 0 Å². The van der Waals surface area contributed by atoms with Crippen LogP contribution in [-0.4, -0.2) is 35.1 Å². The first-order valence-electron chi connectivity index (χ1n) is 5.10. The predicted molar refractivity (Wildman–Crippen MR) is 59.5 cm³/mol. The van der Waals surface area contributed by atoms with Crippen molar-refractivity contribution >= 4 is 11.3 Å². The van der Waals surface area contributed by atoms with Crippen LogP contribution < -0.4 is 5.32 Å². The fourth-order valence-electron chi connectivity index (χ4n) is 1.84. The molecule has 1 fully saturated rings. The highest BCUT2D eigenvalue weighted by Gasteiger charge is 2.22. The lowest BCUT2D eigenvalue weighted by atomic mass is 10.1. The second kappa shape index (κ2) is 4.38. The molecule has 0 saturated carbocycles. The average Bonchev–Trinajstić information content (AvgIpc) is 2.64. The third-order valence-electron chi connectivity index (χ3n) is 2.74. The Kier molecular flexibility index (Phi) is 3.15. The standard InChI is InChI=1S/C10H17N3S/c1-8-5-13(9(2)3-12-8)6-10-4-11-7-14-10/h4,7-9,12H,3,5-6H2,1-2H3. The van der Waals surface area contributed by atoms with Crippen molar-refractivity contribution in [2.24, 2.45) is 0 Å². The van der Waals surface area contributed by atoms with Crippen LogP contribution in [0.2, 0.25) is 0 Å². The van der Waals surface area contributed by atoms with Crippen molar-refractivity contribution in [2.45, 2.75) is 32.5 Å². The molecule has 4 heteroatoms. The lowest BCUT2D eigenvalue weighted by Crippen LogP contribution is -2.53. The van der Waals surface area contributed by atoms with Gasteiger partial charge in [-0.15, -0.1) is 11.3 Å². The van der Waals surface area contributed by atoms with Crippen molar-refractivity contribution in [1.82, 2.24) is 15.2 Å². The summed E-state index contributed by atoms with van der Waals surface area (Å²) in [6.07, 6.45) is 1.98. The zero-order chi connectivity index (χ0) is 9.97. The molecule has 1 aliphatic rings. The maximum absolute atomic E-state index is 4.11. The van der Waals surface area contributed by atoms with E-state index in [1.807, 2.05) is 11.7 Å². The van der Waals surface area contributed by atoms with Gasteiger partial charge in [-0.25, -0.2) is 0 Å². The topological polar surface area (TPSA) is 28.2 Å². The van der Waals surface area contributed by atoms with Crippen LogP contribution >= 0.6 is 11.3 Å². The molecule has 0 spiro atoms. The van der Waals surface area contributed by atoms with E-state index in [4.69, 9.17) is 0 Å². The Morgan fingerprint density at radius 3 is 3.21 bits per heavy atom. The van der Waals surface area contributed by atoms with Crippen molar-refractivity contribution in [2.75, 3.05) is 13.1 Å². The third kappa shape index (κ3) is 2.32. The van der Waals surface area contributed by atoms with E-state index >= 15 is 0 Å². The Bertz CT molecular complexity index is 273. The van der Waals surface area contributed by atoms with E-state index in [-0.39, 0.29) is 0 Å². The van der Waals surface area contributed by atoms with Crippen molar-refractivity contribution in [3.05, 3.63) is 16.6 Å². The van der Waals surface area contributed by atoms with Crippen LogP contribution in [0.1, 0.15) is 18.7 Å². The van der Waals surface area contributed by atoms with E-state index in [9.17, 15) is 0 Å². The van der Waals surface area contributed by atoms with Gasteiger partial charge in [-0.3, -0.25) is 9.88 Å². The van der Waals surface area contributed by atoms with Crippen LogP contribution in [0.3, 0.4) is 0 Å². The van der Waals surface area contributed by atoms with Gasteiger partial charge in [0.15, 0.2) is 0 Å². The van der Waals surface area contributed by atoms with Gasteiger partial charge in [-0.1, -0.05) is 0 Å². The fourth-order valence-corrected chi connectivity index (χ4v) is 2.46. The van der Waals surface area contributed by atoms with Crippen LogP contribution in [0.5, 0.6) is 0 Å². The first-order valence-corrected chi connectivity index (χ1v) is 5.98. The van der Waals surface area contributed by atoms with Crippen molar-refractivity contribution in [3.8, 4) is 0 Å². The molecule has 1 aromatic rings. The molecule has 2 unspecified atom stereocenters. The van der Waals surface area contributed by atoms with Gasteiger partial charge in [-0.05, 0) is 13.8 Å². The molecule has 1 N–H and O–H groups in total. The molecule has 3 nitrogen and oxygen atoms in total. The molecule has 14 heavy (non-hydrogen) atoms. The van der Waals surface area contributed by atoms with Gasteiger partial charge in [0.05, 0.1) is 5.51 Å². The third-order valence-corrected chi connectivity index (χ3v) is 3.50. The van der Waals surface area contributed by atoms with Gasteiger partial charge in [0.1, 0.15) is 0 Å². The Morgan fingerprint density at radius 1 is 1.64 bits per heavy atom. The lowest BCUT2D eigenvalue weighted by Gasteiger charge is -2.37. The lowest BCUT2D eigenvalue weighted by molar-refractivity contribution is 0.140. The van der Waals surface area contributed by atoms with Crippen molar-refractivity contribution in [3.63, 3.8) is 0 Å². The Morgan fingerprint density at radius 2 is 2.50 bits per heavy atom. The van der Waals surface area contributed by atoms with E-state index < -0.39 is 0 Å². The summed E-state index contributed by atoms with van der Waals surface area (Å²) >= 11 is 1.75. The Balaban J connectivity index is 1.95. The van der Waals surface area contributed by atoms with Crippen LogP contribution in [0.25, 0.3) is 0 Å². The van der Waals surface area contributed by atoms with Gasteiger partial charge in [0.25, 0.3) is 0 Å². The molecule has 78 valence electrons. The summed E-state index contributed by atoms with van der Waals surface area (Å²) in [5, 5.41) is 3.49. The molecular formula is C10H17N3S. The molecule has 2 heterocycles. The highest BCUT2D eigenvalue weighted by Crippen LogP contribution is 2.14.